The van der Waals surface area contributed by atoms with Crippen LogP contribution in [0.25, 0.3) is 10.9 Å². The van der Waals surface area contributed by atoms with Crippen LogP contribution in [0.3, 0.4) is 0 Å². The van der Waals surface area contributed by atoms with E-state index in [1.807, 2.05) is 30.5 Å². The monoisotopic (exact) mass is 203 g/mol. The second-order valence-corrected chi connectivity index (χ2v) is 3.38. The lowest BCUT2D eigenvalue weighted by Gasteiger charge is -2.05. The molecular weight excluding hydrogens is 192 g/mol. The zero-order chi connectivity index (χ0) is 10.7. The van der Waals surface area contributed by atoms with Gasteiger partial charge in [-0.15, -0.1) is 0 Å². The summed E-state index contributed by atoms with van der Waals surface area (Å²) in [6, 6.07) is 7.88. The van der Waals surface area contributed by atoms with E-state index in [1.165, 1.54) is 5.48 Å². The summed E-state index contributed by atoms with van der Waals surface area (Å²) in [6.45, 7) is 0. The summed E-state index contributed by atoms with van der Waals surface area (Å²) in [5.74, 6) is -0.472. The molecule has 2 rings (SSSR count). The molecule has 0 radical (unpaired) electrons. The van der Waals surface area contributed by atoms with Crippen molar-refractivity contribution in [1.82, 2.24) is 10.5 Å². The molecule has 0 fully saturated rings. The van der Waals surface area contributed by atoms with Crippen LogP contribution in [0.4, 0.5) is 0 Å². The molecule has 15 heavy (non-hydrogen) atoms. The highest BCUT2D eigenvalue weighted by molar-refractivity contribution is 5.84. The number of nitrogens with one attached hydrogen (secondary N) is 2. The van der Waals surface area contributed by atoms with Crippen LogP contribution in [-0.2, 0) is 11.2 Å². The molecule has 1 heterocycles. The molecule has 0 unspecified atom stereocenters. The van der Waals surface area contributed by atoms with E-state index in [9.17, 15) is 10.0 Å². The van der Waals surface area contributed by atoms with Crippen molar-refractivity contribution in [2.24, 2.45) is 0 Å². The normalized spacial score (nSPS) is 10.5. The summed E-state index contributed by atoms with van der Waals surface area (Å²) in [5.41, 5.74) is 3.49. The molecule has 0 saturated heterocycles. The summed E-state index contributed by atoms with van der Waals surface area (Å²) in [6.07, 6.45) is 2.69. The Bertz CT molecular complexity index is 476. The largest absolute Gasteiger partial charge is 0.759 e. The number of fused-ring (bicyclic) bond motifs is 1. The quantitative estimate of drug-likeness (QED) is 0.745. The van der Waals surface area contributed by atoms with Crippen molar-refractivity contribution in [1.29, 1.82) is 0 Å². The number of benzene rings is 1. The fourth-order valence-electron chi connectivity index (χ4n) is 1.64. The van der Waals surface area contributed by atoms with Gasteiger partial charge >= 0.3 is 0 Å². The number of para-hydroxylation sites is 1. The van der Waals surface area contributed by atoms with Crippen LogP contribution in [0, 0.1) is 5.21 Å². The predicted molar refractivity (Wildman–Crippen MR) is 58.1 cm³/mol. The van der Waals surface area contributed by atoms with Crippen LogP contribution < -0.4 is 5.48 Å². The number of rotatable bonds is 3. The fourth-order valence-corrected chi connectivity index (χ4v) is 1.64. The highest BCUT2D eigenvalue weighted by atomic mass is 16.5. The molecule has 0 aliphatic rings. The van der Waals surface area contributed by atoms with E-state index in [1.54, 1.807) is 0 Å². The first-order valence-corrected chi connectivity index (χ1v) is 4.77. The molecule has 1 aromatic heterocycles. The van der Waals surface area contributed by atoms with Crippen LogP contribution in [0.5, 0.6) is 0 Å². The third-order valence-electron chi connectivity index (χ3n) is 2.41. The number of hydrogen-bond acceptors (Lipinski definition) is 2. The van der Waals surface area contributed by atoms with E-state index in [4.69, 9.17) is 0 Å². The maximum atomic E-state index is 10.8. The predicted octanol–water partition coefficient (Wildman–Crippen LogP) is 1.71. The van der Waals surface area contributed by atoms with Crippen molar-refractivity contribution in [2.75, 3.05) is 0 Å². The van der Waals surface area contributed by atoms with E-state index >= 15 is 0 Å². The summed E-state index contributed by atoms with van der Waals surface area (Å²) in [7, 11) is 0. The van der Waals surface area contributed by atoms with Crippen LogP contribution in [0.15, 0.2) is 30.5 Å². The van der Waals surface area contributed by atoms with Crippen molar-refractivity contribution in [3.05, 3.63) is 41.2 Å². The zero-order valence-corrected chi connectivity index (χ0v) is 8.12. The molecule has 1 amide bonds. The molecule has 78 valence electrons. The first kappa shape index (κ1) is 9.73. The van der Waals surface area contributed by atoms with Gasteiger partial charge in [-0.25, -0.2) is 0 Å². The van der Waals surface area contributed by atoms with Crippen molar-refractivity contribution in [3.8, 4) is 0 Å². The van der Waals surface area contributed by atoms with Gasteiger partial charge in [-0.1, -0.05) is 18.2 Å². The number of H-pyrrole nitrogens is 1. The smallest absolute Gasteiger partial charge is 0.209 e. The van der Waals surface area contributed by atoms with Gasteiger partial charge in [-0.05, 0) is 18.1 Å². The lowest BCUT2D eigenvalue weighted by atomic mass is 10.1. The highest BCUT2D eigenvalue weighted by Gasteiger charge is 2.04. The molecule has 0 saturated carbocycles. The molecule has 2 N–H and O–H groups in total. The molecule has 1 aromatic carbocycles. The number of aromatic amines is 1. The number of hydrogen-bond donors (Lipinski definition) is 2. The van der Waals surface area contributed by atoms with E-state index < -0.39 is 5.91 Å². The van der Waals surface area contributed by atoms with Gasteiger partial charge in [-0.3, -0.25) is 4.79 Å². The number of aryl methyl sites for hydroxylation is 1. The Labute approximate surface area is 86.9 Å². The zero-order valence-electron chi connectivity index (χ0n) is 8.12. The van der Waals surface area contributed by atoms with Gasteiger partial charge in [0.1, 0.15) is 0 Å². The Kier molecular flexibility index (Phi) is 2.69. The maximum Gasteiger partial charge on any atom is 0.209 e. The molecule has 4 heteroatoms. The van der Waals surface area contributed by atoms with Gasteiger partial charge in [0.05, 0.1) is 0 Å². The standard InChI is InChI=1S/C11H11N2O2/c14-11(13-15)6-5-8-7-12-10-4-2-1-3-9(8)10/h1-4,7,12H,5-6H2,(H-,13,14,15)/q-1. The van der Waals surface area contributed by atoms with E-state index in [0.29, 0.717) is 6.42 Å². The van der Waals surface area contributed by atoms with Crippen molar-refractivity contribution in [3.63, 3.8) is 0 Å². The van der Waals surface area contributed by atoms with E-state index in [0.717, 1.165) is 16.5 Å². The number of carbonyl (C=O) groups excluding carboxylic acids is 1. The van der Waals surface area contributed by atoms with E-state index in [2.05, 4.69) is 4.98 Å². The molecule has 0 atom stereocenters. The second kappa shape index (κ2) is 4.14. The summed E-state index contributed by atoms with van der Waals surface area (Å²) < 4.78 is 0. The summed E-state index contributed by atoms with van der Waals surface area (Å²) in [5, 5.41) is 11.2. The molecule has 2 aromatic rings. The van der Waals surface area contributed by atoms with E-state index in [-0.39, 0.29) is 6.42 Å². The molecule has 0 spiro atoms. The third kappa shape index (κ3) is 1.99. The molecule has 0 aliphatic carbocycles. The Hall–Kier alpha value is -1.81. The van der Waals surface area contributed by atoms with Crippen LogP contribution in [0.2, 0.25) is 0 Å². The van der Waals surface area contributed by atoms with Gasteiger partial charge in [0.2, 0.25) is 5.91 Å². The topological polar surface area (TPSA) is 68.0 Å². The molecule has 0 aliphatic heterocycles. The van der Waals surface area contributed by atoms with Crippen LogP contribution in [0.1, 0.15) is 12.0 Å². The van der Waals surface area contributed by atoms with Crippen molar-refractivity contribution in [2.45, 2.75) is 12.8 Å². The van der Waals surface area contributed by atoms with Gasteiger partial charge in [0, 0.05) is 23.5 Å². The van der Waals surface area contributed by atoms with Crippen LogP contribution in [-0.4, -0.2) is 10.9 Å². The minimum absolute atomic E-state index is 0.228. The lowest BCUT2D eigenvalue weighted by molar-refractivity contribution is -0.120. The van der Waals surface area contributed by atoms with Gasteiger partial charge in [0.25, 0.3) is 0 Å². The Morgan fingerprint density at radius 1 is 1.40 bits per heavy atom. The third-order valence-corrected chi connectivity index (χ3v) is 2.41. The SMILES string of the molecule is O=C(CCc1c[nH]c2ccccc12)N[O-]. The Morgan fingerprint density at radius 3 is 3.00 bits per heavy atom. The Morgan fingerprint density at radius 2 is 2.20 bits per heavy atom. The highest BCUT2D eigenvalue weighted by Crippen LogP contribution is 2.18. The summed E-state index contributed by atoms with van der Waals surface area (Å²) >= 11 is 0. The van der Waals surface area contributed by atoms with Crippen molar-refractivity contribution < 1.29 is 4.79 Å². The molecule has 0 bridgehead atoms. The fraction of sp³-hybridized carbons (Fsp3) is 0.182. The lowest BCUT2D eigenvalue weighted by Crippen LogP contribution is -2.15. The van der Waals surface area contributed by atoms with Crippen LogP contribution >= 0.6 is 0 Å². The Balaban J connectivity index is 2.18. The minimum atomic E-state index is -0.472. The maximum absolute atomic E-state index is 10.8. The average molecular weight is 203 g/mol. The second-order valence-electron chi connectivity index (χ2n) is 3.38. The summed E-state index contributed by atoms with van der Waals surface area (Å²) in [4.78, 5) is 13.9. The number of hydroxylamine groups is 1. The number of aromatic nitrogens is 1. The number of carbonyl (C=O) groups is 1. The molecule has 4 nitrogen and oxygen atoms in total. The van der Waals surface area contributed by atoms with Crippen molar-refractivity contribution >= 4 is 16.8 Å². The number of amides is 1. The van der Waals surface area contributed by atoms with Gasteiger partial charge in [-0.2, -0.15) is 0 Å². The molecular formula is C11H11N2O2-. The first-order chi connectivity index (χ1) is 7.31. The van der Waals surface area contributed by atoms with Gasteiger partial charge in [0.15, 0.2) is 0 Å². The van der Waals surface area contributed by atoms with Gasteiger partial charge < -0.3 is 15.7 Å². The first-order valence-electron chi connectivity index (χ1n) is 4.77. The average Bonchev–Trinajstić information content (AvgIpc) is 2.69. The minimum Gasteiger partial charge on any atom is -0.759 e.